The first-order valence-corrected chi connectivity index (χ1v) is 6.38. The van der Waals surface area contributed by atoms with Gasteiger partial charge < -0.3 is 10.0 Å². The summed E-state index contributed by atoms with van der Waals surface area (Å²) in [6.07, 6.45) is 3.06. The number of rotatable bonds is 2. The molecule has 0 bridgehead atoms. The van der Waals surface area contributed by atoms with Crippen LogP contribution in [0.3, 0.4) is 0 Å². The molecule has 1 aliphatic heterocycles. The molecule has 1 aromatic carbocycles. The lowest BCUT2D eigenvalue weighted by Crippen LogP contribution is -2.36. The van der Waals surface area contributed by atoms with Gasteiger partial charge in [-0.3, -0.25) is 0 Å². The molecule has 3 rings (SSSR count). The fourth-order valence-corrected chi connectivity index (χ4v) is 2.76. The van der Waals surface area contributed by atoms with Gasteiger partial charge in [0.25, 0.3) is 0 Å². The van der Waals surface area contributed by atoms with Crippen molar-refractivity contribution in [1.82, 2.24) is 9.97 Å². The molecule has 2 heterocycles. The van der Waals surface area contributed by atoms with Crippen molar-refractivity contribution < 1.29 is 9.90 Å². The normalized spacial score (nSPS) is 19.0. The number of carbonyl (C=O) groups is 1. The topological polar surface area (TPSA) is 66.3 Å². The number of carboxylic acids is 1. The molecule has 2 aromatic rings. The average Bonchev–Trinajstić information content (AvgIpc) is 2.87. The van der Waals surface area contributed by atoms with Gasteiger partial charge in [-0.1, -0.05) is 12.1 Å². The van der Waals surface area contributed by atoms with Crippen molar-refractivity contribution in [1.29, 1.82) is 0 Å². The average molecular weight is 257 g/mol. The van der Waals surface area contributed by atoms with E-state index in [1.165, 1.54) is 6.33 Å². The van der Waals surface area contributed by atoms with Gasteiger partial charge in [0.05, 0.1) is 5.52 Å². The van der Waals surface area contributed by atoms with Gasteiger partial charge in [-0.25, -0.2) is 14.8 Å². The van der Waals surface area contributed by atoms with Crippen LogP contribution in [0.5, 0.6) is 0 Å². The number of aromatic nitrogens is 2. The third kappa shape index (κ3) is 1.91. The van der Waals surface area contributed by atoms with Crippen LogP contribution in [-0.2, 0) is 4.79 Å². The van der Waals surface area contributed by atoms with Crippen LogP contribution >= 0.6 is 0 Å². The van der Waals surface area contributed by atoms with Gasteiger partial charge >= 0.3 is 5.97 Å². The zero-order valence-electron chi connectivity index (χ0n) is 10.7. The third-order valence-corrected chi connectivity index (χ3v) is 3.66. The summed E-state index contributed by atoms with van der Waals surface area (Å²) in [5.74, 6) is -0.0363. The quantitative estimate of drug-likeness (QED) is 0.891. The van der Waals surface area contributed by atoms with Crippen molar-refractivity contribution in [3.8, 4) is 0 Å². The van der Waals surface area contributed by atoms with Gasteiger partial charge in [0, 0.05) is 11.9 Å². The van der Waals surface area contributed by atoms with E-state index in [2.05, 4.69) is 9.97 Å². The van der Waals surface area contributed by atoms with Crippen LogP contribution in [0.2, 0.25) is 0 Å². The Morgan fingerprint density at radius 3 is 3.05 bits per heavy atom. The van der Waals surface area contributed by atoms with E-state index in [1.54, 1.807) is 0 Å². The summed E-state index contributed by atoms with van der Waals surface area (Å²) in [6.45, 7) is 2.73. The van der Waals surface area contributed by atoms with Gasteiger partial charge in [0.1, 0.15) is 18.2 Å². The van der Waals surface area contributed by atoms with Crippen molar-refractivity contribution in [3.05, 3.63) is 30.1 Å². The summed E-state index contributed by atoms with van der Waals surface area (Å²) >= 11 is 0. The highest BCUT2D eigenvalue weighted by Gasteiger charge is 2.32. The summed E-state index contributed by atoms with van der Waals surface area (Å²) in [4.78, 5) is 21.8. The number of aryl methyl sites for hydroxylation is 1. The Morgan fingerprint density at radius 1 is 1.42 bits per heavy atom. The minimum atomic E-state index is -0.780. The van der Waals surface area contributed by atoms with Crippen molar-refractivity contribution in [2.24, 2.45) is 0 Å². The number of hydrogen-bond acceptors (Lipinski definition) is 4. The molecule has 1 aromatic heterocycles. The molecule has 5 heteroatoms. The number of aliphatic carboxylic acids is 1. The summed E-state index contributed by atoms with van der Waals surface area (Å²) in [7, 11) is 0. The molecule has 0 radical (unpaired) electrons. The highest BCUT2D eigenvalue weighted by molar-refractivity contribution is 5.94. The molecule has 0 unspecified atom stereocenters. The van der Waals surface area contributed by atoms with Crippen LogP contribution in [0.1, 0.15) is 18.4 Å². The zero-order chi connectivity index (χ0) is 13.4. The second kappa shape index (κ2) is 4.50. The van der Waals surface area contributed by atoms with Gasteiger partial charge in [0.2, 0.25) is 0 Å². The lowest BCUT2D eigenvalue weighted by molar-refractivity contribution is -0.138. The Morgan fingerprint density at radius 2 is 2.26 bits per heavy atom. The molecule has 1 fully saturated rings. The maximum Gasteiger partial charge on any atom is 0.326 e. The van der Waals surface area contributed by atoms with E-state index >= 15 is 0 Å². The van der Waals surface area contributed by atoms with E-state index in [0.29, 0.717) is 6.42 Å². The second-order valence-electron chi connectivity index (χ2n) is 4.86. The van der Waals surface area contributed by atoms with E-state index in [4.69, 9.17) is 0 Å². The molecule has 0 spiro atoms. The highest BCUT2D eigenvalue weighted by Crippen LogP contribution is 2.31. The summed E-state index contributed by atoms with van der Waals surface area (Å²) in [5.41, 5.74) is 1.94. The minimum absolute atomic E-state index is 0.474. The standard InChI is InChI=1S/C14H15N3O2/c1-9-4-2-5-10-12(9)13(16-8-15-10)17-7-3-6-11(17)14(18)19/h2,4-5,8,11H,3,6-7H2,1H3,(H,18,19)/t11-/m1/s1. The number of nitrogens with zero attached hydrogens (tertiary/aromatic N) is 3. The summed E-state index contributed by atoms with van der Waals surface area (Å²) in [5, 5.41) is 10.3. The van der Waals surface area contributed by atoms with Crippen LogP contribution in [0, 0.1) is 6.92 Å². The number of hydrogen-bond donors (Lipinski definition) is 1. The molecule has 0 aliphatic carbocycles. The monoisotopic (exact) mass is 257 g/mol. The zero-order valence-corrected chi connectivity index (χ0v) is 10.7. The van der Waals surface area contributed by atoms with Crippen molar-refractivity contribution >= 4 is 22.7 Å². The predicted octanol–water partition coefficient (Wildman–Crippen LogP) is 1.99. The number of fused-ring (bicyclic) bond motifs is 1. The van der Waals surface area contributed by atoms with E-state index in [1.807, 2.05) is 30.0 Å². The molecule has 19 heavy (non-hydrogen) atoms. The molecule has 1 saturated heterocycles. The minimum Gasteiger partial charge on any atom is -0.480 e. The van der Waals surface area contributed by atoms with E-state index in [0.717, 1.165) is 35.2 Å². The smallest absolute Gasteiger partial charge is 0.326 e. The van der Waals surface area contributed by atoms with Crippen molar-refractivity contribution in [3.63, 3.8) is 0 Å². The molecular weight excluding hydrogens is 242 g/mol. The molecule has 1 aliphatic rings. The molecular formula is C14H15N3O2. The second-order valence-corrected chi connectivity index (χ2v) is 4.86. The SMILES string of the molecule is Cc1cccc2ncnc(N3CCC[C@@H]3C(=O)O)c12. The Kier molecular flexibility index (Phi) is 2.81. The first kappa shape index (κ1) is 11.9. The van der Waals surface area contributed by atoms with Crippen LogP contribution in [0.15, 0.2) is 24.5 Å². The fraction of sp³-hybridized carbons (Fsp3) is 0.357. The Labute approximate surface area is 110 Å². The van der Waals surface area contributed by atoms with Gasteiger partial charge in [0.15, 0.2) is 0 Å². The van der Waals surface area contributed by atoms with Crippen LogP contribution in [-0.4, -0.2) is 33.6 Å². The number of anilines is 1. The summed E-state index contributed by atoms with van der Waals surface area (Å²) in [6, 6.07) is 5.41. The lowest BCUT2D eigenvalue weighted by Gasteiger charge is -2.24. The first-order valence-electron chi connectivity index (χ1n) is 6.38. The van der Waals surface area contributed by atoms with Gasteiger partial charge in [-0.2, -0.15) is 0 Å². The molecule has 0 amide bonds. The molecule has 98 valence electrons. The van der Waals surface area contributed by atoms with Crippen molar-refractivity contribution in [2.45, 2.75) is 25.8 Å². The third-order valence-electron chi connectivity index (χ3n) is 3.66. The van der Waals surface area contributed by atoms with Crippen molar-refractivity contribution in [2.75, 3.05) is 11.4 Å². The van der Waals surface area contributed by atoms with E-state index in [9.17, 15) is 9.90 Å². The van der Waals surface area contributed by atoms with Crippen LogP contribution in [0.4, 0.5) is 5.82 Å². The maximum atomic E-state index is 11.3. The van der Waals surface area contributed by atoms with Gasteiger partial charge in [-0.05, 0) is 31.4 Å². The largest absolute Gasteiger partial charge is 0.480 e. The van der Waals surface area contributed by atoms with Crippen LogP contribution < -0.4 is 4.90 Å². The molecule has 1 atom stereocenters. The molecule has 0 saturated carbocycles. The van der Waals surface area contributed by atoms with Crippen LogP contribution in [0.25, 0.3) is 10.9 Å². The first-order chi connectivity index (χ1) is 9.18. The Hall–Kier alpha value is -2.17. The highest BCUT2D eigenvalue weighted by atomic mass is 16.4. The van der Waals surface area contributed by atoms with E-state index in [-0.39, 0.29) is 0 Å². The Balaban J connectivity index is 2.17. The number of benzene rings is 1. The lowest BCUT2D eigenvalue weighted by atomic mass is 10.1. The fourth-order valence-electron chi connectivity index (χ4n) is 2.76. The molecule has 1 N–H and O–H groups in total. The predicted molar refractivity (Wildman–Crippen MR) is 72.3 cm³/mol. The van der Waals surface area contributed by atoms with Gasteiger partial charge in [-0.15, -0.1) is 0 Å². The maximum absolute atomic E-state index is 11.3. The summed E-state index contributed by atoms with van der Waals surface area (Å²) < 4.78 is 0. The Bertz CT molecular complexity index is 636. The molecule has 5 nitrogen and oxygen atoms in total. The number of carboxylic acid groups (broad SMARTS) is 1. The van der Waals surface area contributed by atoms with E-state index < -0.39 is 12.0 Å².